The van der Waals surface area contributed by atoms with E-state index < -0.39 is 11.6 Å². The number of aromatic nitrogens is 2. The molecule has 20 heavy (non-hydrogen) atoms. The molecule has 1 saturated heterocycles. The molecule has 0 radical (unpaired) electrons. The fraction of sp³-hybridized carbons (Fsp3) is 0.786. The van der Waals surface area contributed by atoms with Gasteiger partial charge in [-0.05, 0) is 57.7 Å². The smallest absolute Gasteiger partial charge is 0.317 e. The monoisotopic (exact) mass is 289 g/mol. The van der Waals surface area contributed by atoms with Gasteiger partial charge in [0, 0.05) is 5.69 Å². The first kappa shape index (κ1) is 15.4. The van der Waals surface area contributed by atoms with Gasteiger partial charge in [-0.1, -0.05) is 6.92 Å². The van der Waals surface area contributed by atoms with E-state index in [1.807, 2.05) is 0 Å². The van der Waals surface area contributed by atoms with Gasteiger partial charge in [0.15, 0.2) is 0 Å². The molecule has 0 aromatic carbocycles. The maximum atomic E-state index is 13.2. The van der Waals surface area contributed by atoms with Crippen molar-refractivity contribution in [3.8, 4) is 0 Å². The maximum Gasteiger partial charge on any atom is 0.399 e. The lowest BCUT2D eigenvalue weighted by Crippen LogP contribution is -2.39. The lowest BCUT2D eigenvalue weighted by atomic mass is 9.83. The van der Waals surface area contributed by atoms with Crippen molar-refractivity contribution in [3.05, 3.63) is 17.5 Å². The third kappa shape index (κ3) is 3.00. The number of hydrogen-bond donors (Lipinski definition) is 2. The van der Waals surface area contributed by atoms with E-state index in [-0.39, 0.29) is 12.1 Å². The van der Waals surface area contributed by atoms with E-state index in [2.05, 4.69) is 15.5 Å². The Hall–Kier alpha value is -1.04. The summed E-state index contributed by atoms with van der Waals surface area (Å²) >= 11 is 0. The zero-order valence-corrected chi connectivity index (χ0v) is 12.0. The number of halogens is 3. The van der Waals surface area contributed by atoms with E-state index in [1.165, 1.54) is 6.92 Å². The minimum absolute atomic E-state index is 0.00581. The summed E-state index contributed by atoms with van der Waals surface area (Å²) in [5.41, 5.74) is -0.942. The Morgan fingerprint density at radius 2 is 1.95 bits per heavy atom. The number of hydrogen-bond acceptors (Lipinski definition) is 2. The highest BCUT2D eigenvalue weighted by atomic mass is 19.4. The van der Waals surface area contributed by atoms with Crippen molar-refractivity contribution >= 4 is 0 Å². The minimum Gasteiger partial charge on any atom is -0.317 e. The average molecular weight is 289 g/mol. The Labute approximate surface area is 117 Å². The zero-order chi connectivity index (χ0) is 14.8. The summed E-state index contributed by atoms with van der Waals surface area (Å²) < 4.78 is 39.6. The van der Waals surface area contributed by atoms with Crippen LogP contribution < -0.4 is 5.32 Å². The molecule has 0 bridgehead atoms. The van der Waals surface area contributed by atoms with Gasteiger partial charge in [-0.2, -0.15) is 18.3 Å². The molecule has 1 aromatic heterocycles. The fourth-order valence-electron chi connectivity index (χ4n) is 2.67. The van der Waals surface area contributed by atoms with Crippen LogP contribution in [0.1, 0.15) is 44.5 Å². The molecule has 6 heteroatoms. The van der Waals surface area contributed by atoms with E-state index in [0.717, 1.165) is 38.0 Å². The zero-order valence-electron chi connectivity index (χ0n) is 12.0. The Morgan fingerprint density at radius 3 is 2.50 bits per heavy atom. The minimum atomic E-state index is -4.27. The van der Waals surface area contributed by atoms with Crippen LogP contribution in [0.5, 0.6) is 0 Å². The predicted molar refractivity (Wildman–Crippen MR) is 71.6 cm³/mol. The van der Waals surface area contributed by atoms with Crippen molar-refractivity contribution in [1.29, 1.82) is 0 Å². The molecule has 1 aliphatic rings. The van der Waals surface area contributed by atoms with Gasteiger partial charge in [0.25, 0.3) is 0 Å². The number of alkyl halides is 3. The van der Waals surface area contributed by atoms with Gasteiger partial charge in [-0.3, -0.25) is 5.10 Å². The van der Waals surface area contributed by atoms with Crippen LogP contribution >= 0.6 is 0 Å². The molecule has 1 unspecified atom stereocenters. The third-order valence-corrected chi connectivity index (χ3v) is 4.50. The van der Waals surface area contributed by atoms with Crippen LogP contribution in [0.4, 0.5) is 13.2 Å². The first-order valence-electron chi connectivity index (χ1n) is 7.19. The second kappa shape index (κ2) is 5.76. The van der Waals surface area contributed by atoms with Gasteiger partial charge in [-0.25, -0.2) is 0 Å². The summed E-state index contributed by atoms with van der Waals surface area (Å²) in [6, 6.07) is 1.60. The largest absolute Gasteiger partial charge is 0.399 e. The number of nitrogens with one attached hydrogen (secondary N) is 2. The van der Waals surface area contributed by atoms with Crippen molar-refractivity contribution < 1.29 is 13.2 Å². The van der Waals surface area contributed by atoms with Crippen molar-refractivity contribution in [2.24, 2.45) is 5.92 Å². The number of aromatic amines is 1. The van der Waals surface area contributed by atoms with Crippen LogP contribution in [0, 0.1) is 5.92 Å². The summed E-state index contributed by atoms with van der Waals surface area (Å²) in [6.45, 7) is 4.74. The van der Waals surface area contributed by atoms with Gasteiger partial charge in [-0.15, -0.1) is 0 Å². The topological polar surface area (TPSA) is 40.7 Å². The van der Waals surface area contributed by atoms with E-state index in [4.69, 9.17) is 0 Å². The maximum absolute atomic E-state index is 13.2. The second-order valence-electron chi connectivity index (χ2n) is 5.86. The highest BCUT2D eigenvalue weighted by molar-refractivity contribution is 5.21. The van der Waals surface area contributed by atoms with Gasteiger partial charge in [0.1, 0.15) is 5.41 Å². The fourth-order valence-corrected chi connectivity index (χ4v) is 2.67. The van der Waals surface area contributed by atoms with E-state index >= 15 is 0 Å². The molecule has 1 fully saturated rings. The standard InChI is InChI=1S/C14H22F3N3/c1-3-13(2,14(15,16)17)12-9-11(19-20-12)8-10-4-6-18-7-5-10/h9-10,18H,3-8H2,1-2H3,(H,19,20). The molecule has 2 heterocycles. The van der Waals surface area contributed by atoms with Crippen LogP contribution in [0.15, 0.2) is 6.07 Å². The van der Waals surface area contributed by atoms with Crippen LogP contribution in [0.25, 0.3) is 0 Å². The lowest BCUT2D eigenvalue weighted by Gasteiger charge is -2.28. The van der Waals surface area contributed by atoms with Gasteiger partial charge in [0.05, 0.1) is 5.69 Å². The average Bonchev–Trinajstić information content (AvgIpc) is 2.86. The first-order chi connectivity index (χ1) is 9.37. The normalized spacial score (nSPS) is 20.9. The van der Waals surface area contributed by atoms with Crippen LogP contribution in [0.2, 0.25) is 0 Å². The molecule has 1 aliphatic heterocycles. The Bertz CT molecular complexity index is 435. The predicted octanol–water partition coefficient (Wildman–Crippen LogP) is 3.18. The van der Waals surface area contributed by atoms with Crippen molar-refractivity contribution in [2.75, 3.05) is 13.1 Å². The molecule has 0 aliphatic carbocycles. The van der Waals surface area contributed by atoms with Crippen molar-refractivity contribution in [1.82, 2.24) is 15.5 Å². The summed E-state index contributed by atoms with van der Waals surface area (Å²) in [6.07, 6.45) is -1.36. The number of nitrogens with zero attached hydrogens (tertiary/aromatic N) is 1. The van der Waals surface area contributed by atoms with E-state index in [0.29, 0.717) is 5.92 Å². The first-order valence-corrected chi connectivity index (χ1v) is 7.19. The molecule has 114 valence electrons. The number of H-pyrrole nitrogens is 1. The molecule has 3 nitrogen and oxygen atoms in total. The van der Waals surface area contributed by atoms with Crippen LogP contribution in [0.3, 0.4) is 0 Å². The molecule has 0 saturated carbocycles. The van der Waals surface area contributed by atoms with Gasteiger partial charge in [0.2, 0.25) is 0 Å². The molecular weight excluding hydrogens is 267 g/mol. The van der Waals surface area contributed by atoms with Crippen molar-refractivity contribution in [3.63, 3.8) is 0 Å². The van der Waals surface area contributed by atoms with Crippen LogP contribution in [-0.4, -0.2) is 29.5 Å². The number of piperidine rings is 1. The Morgan fingerprint density at radius 1 is 1.30 bits per heavy atom. The summed E-state index contributed by atoms with van der Waals surface area (Å²) in [5, 5.41) is 10.0. The summed E-state index contributed by atoms with van der Waals surface area (Å²) in [5.74, 6) is 0.531. The van der Waals surface area contributed by atoms with Crippen LogP contribution in [-0.2, 0) is 11.8 Å². The lowest BCUT2D eigenvalue weighted by molar-refractivity contribution is -0.187. The van der Waals surface area contributed by atoms with E-state index in [1.54, 1.807) is 13.0 Å². The molecule has 1 aromatic rings. The van der Waals surface area contributed by atoms with Gasteiger partial charge < -0.3 is 5.32 Å². The molecule has 2 rings (SSSR count). The molecule has 0 spiro atoms. The second-order valence-corrected chi connectivity index (χ2v) is 5.86. The Balaban J connectivity index is 2.11. The van der Waals surface area contributed by atoms with Gasteiger partial charge >= 0.3 is 6.18 Å². The molecule has 2 N–H and O–H groups in total. The SMILES string of the molecule is CCC(C)(c1cc(CC2CCNCC2)[nH]n1)C(F)(F)F. The highest BCUT2D eigenvalue weighted by Crippen LogP contribution is 2.42. The number of rotatable bonds is 4. The quantitative estimate of drug-likeness (QED) is 0.893. The highest BCUT2D eigenvalue weighted by Gasteiger charge is 2.52. The third-order valence-electron chi connectivity index (χ3n) is 4.50. The Kier molecular flexibility index (Phi) is 4.42. The summed E-state index contributed by atoms with van der Waals surface area (Å²) in [7, 11) is 0. The molecule has 0 amide bonds. The summed E-state index contributed by atoms with van der Waals surface area (Å²) in [4.78, 5) is 0. The molecular formula is C14H22F3N3. The van der Waals surface area contributed by atoms with E-state index in [9.17, 15) is 13.2 Å². The van der Waals surface area contributed by atoms with Crippen molar-refractivity contribution in [2.45, 2.75) is 51.1 Å². The molecule has 1 atom stereocenters.